The Morgan fingerprint density at radius 3 is 1.30 bits per heavy atom. The number of aryl methyl sites for hydroxylation is 1. The summed E-state index contributed by atoms with van der Waals surface area (Å²) in [4.78, 5) is 0. The molecule has 0 saturated heterocycles. The molecule has 3 aromatic rings. The average molecular weight is 403 g/mol. The maximum atomic E-state index is 2.27. The summed E-state index contributed by atoms with van der Waals surface area (Å²) in [5, 5.41) is 0. The van der Waals surface area contributed by atoms with Gasteiger partial charge in [-0.2, -0.15) is 0 Å². The van der Waals surface area contributed by atoms with Gasteiger partial charge in [-0.05, 0) is 53.7 Å². The Morgan fingerprint density at radius 2 is 0.933 bits per heavy atom. The lowest BCUT2D eigenvalue weighted by molar-refractivity contribution is 0.587. The molecule has 0 heteroatoms. The molecule has 0 atom stereocenters. The summed E-state index contributed by atoms with van der Waals surface area (Å²) in [5.41, 5.74) is 4.32. The molecule has 0 aliphatic rings. The van der Waals surface area contributed by atoms with E-state index in [9.17, 15) is 0 Å². The fourth-order valence-corrected chi connectivity index (χ4v) is 3.02. The smallest absolute Gasteiger partial charge is 0.0219 e. The first-order valence-electron chi connectivity index (χ1n) is 11.5. The molecule has 0 saturated carbocycles. The third-order valence-corrected chi connectivity index (χ3v) is 4.81. The van der Waals surface area contributed by atoms with Crippen molar-refractivity contribution in [2.75, 3.05) is 0 Å². The molecule has 0 radical (unpaired) electrons. The fraction of sp³-hybridized carbons (Fsp3) is 0.400. The maximum absolute atomic E-state index is 2.27. The molecular formula is C30H42. The quantitative estimate of drug-likeness (QED) is 0.386. The monoisotopic (exact) mass is 402 g/mol. The topological polar surface area (TPSA) is 0 Å². The van der Waals surface area contributed by atoms with Gasteiger partial charge in [-0.3, -0.25) is 0 Å². The van der Waals surface area contributed by atoms with Crippen LogP contribution in [0.2, 0.25) is 0 Å². The van der Waals surface area contributed by atoms with Crippen molar-refractivity contribution in [2.45, 2.75) is 66.7 Å². The third-order valence-electron chi connectivity index (χ3n) is 4.81. The molecule has 162 valence electrons. The van der Waals surface area contributed by atoms with Crippen molar-refractivity contribution >= 4 is 0 Å². The Labute approximate surface area is 186 Å². The van der Waals surface area contributed by atoms with E-state index in [0.717, 1.165) is 11.8 Å². The summed E-state index contributed by atoms with van der Waals surface area (Å²) >= 11 is 0. The molecule has 0 nitrogen and oxygen atoms in total. The summed E-state index contributed by atoms with van der Waals surface area (Å²) in [5.74, 6) is 2.24. The van der Waals surface area contributed by atoms with Crippen LogP contribution in [0.3, 0.4) is 0 Å². The van der Waals surface area contributed by atoms with Gasteiger partial charge in [0.05, 0.1) is 0 Å². The van der Waals surface area contributed by atoms with Crippen LogP contribution >= 0.6 is 0 Å². The normalized spacial score (nSPS) is 10.3. The molecule has 0 N–H and O–H groups in total. The zero-order valence-electron chi connectivity index (χ0n) is 20.0. The lowest BCUT2D eigenvalue weighted by atomic mass is 10.0. The van der Waals surface area contributed by atoms with E-state index < -0.39 is 0 Å². The van der Waals surface area contributed by atoms with Crippen molar-refractivity contribution in [1.82, 2.24) is 0 Å². The molecule has 0 amide bonds. The largest absolute Gasteiger partial charge is 0.0628 e. The summed E-state index contributed by atoms with van der Waals surface area (Å²) < 4.78 is 0. The van der Waals surface area contributed by atoms with Gasteiger partial charge in [-0.1, -0.05) is 133 Å². The average Bonchev–Trinajstić information content (AvgIpc) is 2.75. The Balaban J connectivity index is 0.000000226. The van der Waals surface area contributed by atoms with Gasteiger partial charge in [0.25, 0.3) is 0 Å². The Bertz CT molecular complexity index is 740. The molecule has 30 heavy (non-hydrogen) atoms. The minimum atomic E-state index is 0.659. The molecule has 0 unspecified atom stereocenters. The molecule has 3 rings (SSSR count). The Morgan fingerprint density at radius 1 is 0.500 bits per heavy atom. The molecule has 0 aromatic heterocycles. The fourth-order valence-electron chi connectivity index (χ4n) is 3.02. The van der Waals surface area contributed by atoms with Crippen LogP contribution in [0.4, 0.5) is 0 Å². The number of hydrogen-bond acceptors (Lipinski definition) is 0. The van der Waals surface area contributed by atoms with Gasteiger partial charge in [0.1, 0.15) is 0 Å². The Kier molecular flexibility index (Phi) is 13.3. The second kappa shape index (κ2) is 15.5. The molecule has 0 aliphatic heterocycles. The van der Waals surface area contributed by atoms with Crippen LogP contribution in [-0.4, -0.2) is 0 Å². The molecule has 0 spiro atoms. The number of hydrogen-bond donors (Lipinski definition) is 0. The molecule has 0 fully saturated rings. The SMILES string of the molecule is CC(C)CCc1ccccc1.CC(C)Cc1ccccc1.CC(C)c1ccccc1. The second-order valence-electron chi connectivity index (χ2n) is 9.07. The van der Waals surface area contributed by atoms with Crippen LogP contribution in [0.1, 0.15) is 70.6 Å². The zero-order chi connectivity index (χ0) is 22.2. The standard InChI is InChI=1S/C11H16.C10H14.C9H12/c1-10(2)8-9-11-6-4-3-5-7-11;1-9(2)8-10-6-4-3-5-7-10;1-8(2)9-6-4-3-5-7-9/h3-7,10H,8-9H2,1-2H3;3-7,9H,8H2,1-2H3;3-8H,1-2H3. The molecule has 0 heterocycles. The van der Waals surface area contributed by atoms with E-state index in [2.05, 4.69) is 126 Å². The lowest BCUT2D eigenvalue weighted by Gasteiger charge is -2.03. The first-order valence-corrected chi connectivity index (χ1v) is 11.5. The van der Waals surface area contributed by atoms with Gasteiger partial charge in [0.2, 0.25) is 0 Å². The summed E-state index contributed by atoms with van der Waals surface area (Å²) in [6.45, 7) is 13.4. The van der Waals surface area contributed by atoms with Gasteiger partial charge >= 0.3 is 0 Å². The third kappa shape index (κ3) is 13.0. The molecule has 0 aliphatic carbocycles. The highest BCUT2D eigenvalue weighted by Crippen LogP contribution is 2.11. The predicted molar refractivity (Wildman–Crippen MR) is 135 cm³/mol. The van der Waals surface area contributed by atoms with Gasteiger partial charge < -0.3 is 0 Å². The van der Waals surface area contributed by atoms with Crippen LogP contribution < -0.4 is 0 Å². The van der Waals surface area contributed by atoms with Crippen molar-refractivity contribution in [3.63, 3.8) is 0 Å². The van der Waals surface area contributed by atoms with Crippen molar-refractivity contribution in [1.29, 1.82) is 0 Å². The number of rotatable bonds is 6. The molecular weight excluding hydrogens is 360 g/mol. The maximum Gasteiger partial charge on any atom is -0.0219 e. The lowest BCUT2D eigenvalue weighted by Crippen LogP contribution is -1.92. The van der Waals surface area contributed by atoms with Crippen molar-refractivity contribution in [2.24, 2.45) is 11.8 Å². The Hall–Kier alpha value is -2.34. The summed E-state index contributed by atoms with van der Waals surface area (Å²) in [6, 6.07) is 31.8. The van der Waals surface area contributed by atoms with E-state index in [1.807, 2.05) is 6.07 Å². The van der Waals surface area contributed by atoms with Crippen LogP contribution in [0.25, 0.3) is 0 Å². The van der Waals surface area contributed by atoms with Crippen molar-refractivity contribution < 1.29 is 0 Å². The van der Waals surface area contributed by atoms with Crippen LogP contribution in [0.15, 0.2) is 91.0 Å². The van der Waals surface area contributed by atoms with Crippen molar-refractivity contribution in [3.05, 3.63) is 108 Å². The van der Waals surface area contributed by atoms with Gasteiger partial charge in [0.15, 0.2) is 0 Å². The van der Waals surface area contributed by atoms with Crippen LogP contribution in [-0.2, 0) is 12.8 Å². The summed E-state index contributed by atoms with van der Waals surface area (Å²) in [6.07, 6.45) is 3.71. The van der Waals surface area contributed by atoms with E-state index in [1.54, 1.807) is 0 Å². The minimum Gasteiger partial charge on any atom is -0.0628 e. The molecule has 3 aromatic carbocycles. The highest BCUT2D eigenvalue weighted by atomic mass is 14.0. The first kappa shape index (κ1) is 25.7. The second-order valence-corrected chi connectivity index (χ2v) is 9.07. The van der Waals surface area contributed by atoms with Crippen molar-refractivity contribution in [3.8, 4) is 0 Å². The van der Waals surface area contributed by atoms with Crippen LogP contribution in [0.5, 0.6) is 0 Å². The first-order chi connectivity index (χ1) is 14.4. The molecule has 0 bridgehead atoms. The van der Waals surface area contributed by atoms with E-state index in [-0.39, 0.29) is 0 Å². The highest BCUT2D eigenvalue weighted by molar-refractivity contribution is 5.17. The van der Waals surface area contributed by atoms with Gasteiger partial charge in [-0.15, -0.1) is 0 Å². The predicted octanol–water partition coefficient (Wildman–Crippen LogP) is 8.97. The zero-order valence-corrected chi connectivity index (χ0v) is 20.0. The van der Waals surface area contributed by atoms with Gasteiger partial charge in [0, 0.05) is 0 Å². The van der Waals surface area contributed by atoms with Crippen LogP contribution in [0, 0.1) is 11.8 Å². The van der Waals surface area contributed by atoms with E-state index >= 15 is 0 Å². The minimum absolute atomic E-state index is 0.659. The van der Waals surface area contributed by atoms with E-state index in [4.69, 9.17) is 0 Å². The van der Waals surface area contributed by atoms with Gasteiger partial charge in [-0.25, -0.2) is 0 Å². The number of benzene rings is 3. The summed E-state index contributed by atoms with van der Waals surface area (Å²) in [7, 11) is 0. The van der Waals surface area contributed by atoms with E-state index in [1.165, 1.54) is 36.0 Å². The highest BCUT2D eigenvalue weighted by Gasteiger charge is 1.95. The van der Waals surface area contributed by atoms with E-state index in [0.29, 0.717) is 5.92 Å².